The molecule has 1 aromatic rings. The van der Waals surface area contributed by atoms with Crippen LogP contribution in [0.4, 0.5) is 0 Å². The summed E-state index contributed by atoms with van der Waals surface area (Å²) in [4.78, 5) is 7.02. The van der Waals surface area contributed by atoms with E-state index < -0.39 is 0 Å². The van der Waals surface area contributed by atoms with Crippen molar-refractivity contribution in [3.8, 4) is 0 Å². The number of halogens is 1. The summed E-state index contributed by atoms with van der Waals surface area (Å²) in [6.07, 6.45) is 3.65. The molecule has 0 unspecified atom stereocenters. The highest BCUT2D eigenvalue weighted by atomic mass is 35.5. The summed E-state index contributed by atoms with van der Waals surface area (Å²) in [5, 5.41) is 4.06. The van der Waals surface area contributed by atoms with Gasteiger partial charge in [-0.1, -0.05) is 0 Å². The molecule has 0 aliphatic carbocycles. The largest absolute Gasteiger partial charge is 0.319 e. The molecule has 1 N–H and O–H groups in total. The fourth-order valence-corrected chi connectivity index (χ4v) is 3.07. The summed E-state index contributed by atoms with van der Waals surface area (Å²) in [5.74, 6) is 0. The molecule has 0 spiro atoms. The minimum Gasteiger partial charge on any atom is -0.319 e. The molecule has 5 heteroatoms. The maximum absolute atomic E-state index is 6.20. The number of aromatic nitrogens is 2. The molecule has 0 amide bonds. The number of piperazine rings is 1. The van der Waals surface area contributed by atoms with Gasteiger partial charge in [0, 0.05) is 45.0 Å². The van der Waals surface area contributed by atoms with E-state index in [2.05, 4.69) is 19.8 Å². The van der Waals surface area contributed by atoms with Crippen molar-refractivity contribution in [2.24, 2.45) is 0 Å². The quantitative estimate of drug-likeness (QED) is 0.863. The van der Waals surface area contributed by atoms with Crippen molar-refractivity contribution < 1.29 is 0 Å². The Kier molecular flexibility index (Phi) is 3.36. The van der Waals surface area contributed by atoms with Crippen molar-refractivity contribution in [1.82, 2.24) is 19.8 Å². The van der Waals surface area contributed by atoms with Crippen LogP contribution in [0.25, 0.3) is 0 Å². The zero-order valence-electron chi connectivity index (χ0n) is 10.1. The van der Waals surface area contributed by atoms with Gasteiger partial charge in [0.25, 0.3) is 0 Å². The third kappa shape index (κ3) is 2.34. The van der Waals surface area contributed by atoms with Crippen LogP contribution in [0.3, 0.4) is 0 Å². The topological polar surface area (TPSA) is 33.1 Å². The molecule has 0 aromatic carbocycles. The predicted molar refractivity (Wildman–Crippen MR) is 68.3 cm³/mol. The third-order valence-electron chi connectivity index (χ3n) is 3.74. The molecule has 0 radical (unpaired) electrons. The molecule has 0 saturated carbocycles. The van der Waals surface area contributed by atoms with Crippen LogP contribution in [0, 0.1) is 0 Å². The average molecular weight is 255 g/mol. The lowest BCUT2D eigenvalue weighted by molar-refractivity contribution is 0.230. The van der Waals surface area contributed by atoms with Gasteiger partial charge >= 0.3 is 0 Å². The van der Waals surface area contributed by atoms with Crippen molar-refractivity contribution in [1.29, 1.82) is 0 Å². The molecule has 3 heterocycles. The molecular formula is C12H19ClN4. The summed E-state index contributed by atoms with van der Waals surface area (Å²) >= 11 is 6.20. The van der Waals surface area contributed by atoms with Crippen LogP contribution in [-0.4, -0.2) is 40.6 Å². The number of nitrogens with one attached hydrogen (secondary N) is 1. The highest BCUT2D eigenvalue weighted by Crippen LogP contribution is 2.24. The molecular weight excluding hydrogens is 236 g/mol. The lowest BCUT2D eigenvalue weighted by atomic mass is 10.1. The van der Waals surface area contributed by atoms with Gasteiger partial charge in [0.1, 0.15) is 0 Å². The second-order valence-electron chi connectivity index (χ2n) is 4.91. The first-order valence-electron chi connectivity index (χ1n) is 6.51. The van der Waals surface area contributed by atoms with Gasteiger partial charge in [-0.2, -0.15) is 0 Å². The van der Waals surface area contributed by atoms with E-state index in [4.69, 9.17) is 11.6 Å². The second kappa shape index (κ2) is 4.96. The van der Waals surface area contributed by atoms with Gasteiger partial charge < -0.3 is 9.88 Å². The van der Waals surface area contributed by atoms with Crippen LogP contribution in [-0.2, 0) is 19.5 Å². The van der Waals surface area contributed by atoms with Gasteiger partial charge in [-0.25, -0.2) is 4.98 Å². The van der Waals surface area contributed by atoms with Crippen molar-refractivity contribution >= 4 is 11.6 Å². The first-order chi connectivity index (χ1) is 8.34. The van der Waals surface area contributed by atoms with Crippen molar-refractivity contribution in [2.45, 2.75) is 32.4 Å². The highest BCUT2D eigenvalue weighted by molar-refractivity contribution is 6.28. The van der Waals surface area contributed by atoms with Crippen LogP contribution < -0.4 is 5.32 Å². The van der Waals surface area contributed by atoms with E-state index in [0.29, 0.717) is 5.28 Å². The molecule has 2 aliphatic heterocycles. The first kappa shape index (κ1) is 11.5. The number of hydrogen-bond donors (Lipinski definition) is 1. The molecule has 17 heavy (non-hydrogen) atoms. The molecule has 1 aromatic heterocycles. The zero-order chi connectivity index (χ0) is 11.7. The smallest absolute Gasteiger partial charge is 0.203 e. The maximum atomic E-state index is 6.20. The van der Waals surface area contributed by atoms with Crippen LogP contribution in [0.15, 0.2) is 0 Å². The average Bonchev–Trinajstić information content (AvgIpc) is 2.69. The zero-order valence-corrected chi connectivity index (χ0v) is 10.8. The van der Waals surface area contributed by atoms with Gasteiger partial charge in [0.15, 0.2) is 0 Å². The molecule has 4 nitrogen and oxygen atoms in total. The van der Waals surface area contributed by atoms with E-state index in [1.807, 2.05) is 0 Å². The Balaban J connectivity index is 1.78. The van der Waals surface area contributed by atoms with E-state index in [9.17, 15) is 0 Å². The summed E-state index contributed by atoms with van der Waals surface area (Å²) in [5.41, 5.74) is 2.58. The maximum Gasteiger partial charge on any atom is 0.203 e. The molecule has 1 saturated heterocycles. The summed E-state index contributed by atoms with van der Waals surface area (Å²) in [6, 6.07) is 0. The molecule has 0 bridgehead atoms. The lowest BCUT2D eigenvalue weighted by Gasteiger charge is -2.27. The van der Waals surface area contributed by atoms with E-state index in [0.717, 1.165) is 45.7 Å². The molecule has 1 fully saturated rings. The minimum atomic E-state index is 0.685. The van der Waals surface area contributed by atoms with Crippen molar-refractivity contribution in [3.05, 3.63) is 16.7 Å². The lowest BCUT2D eigenvalue weighted by Crippen LogP contribution is -2.43. The van der Waals surface area contributed by atoms with Crippen LogP contribution in [0.5, 0.6) is 0 Å². The Morgan fingerprint density at radius 3 is 2.82 bits per heavy atom. The molecule has 3 rings (SSSR count). The highest BCUT2D eigenvalue weighted by Gasteiger charge is 2.21. The van der Waals surface area contributed by atoms with Gasteiger partial charge in [-0.05, 0) is 30.9 Å². The third-order valence-corrected chi connectivity index (χ3v) is 4.03. The monoisotopic (exact) mass is 254 g/mol. The van der Waals surface area contributed by atoms with E-state index in [-0.39, 0.29) is 0 Å². The van der Waals surface area contributed by atoms with Crippen molar-refractivity contribution in [2.75, 3.05) is 26.2 Å². The van der Waals surface area contributed by atoms with Crippen LogP contribution in [0.1, 0.15) is 24.2 Å². The number of hydrogen-bond acceptors (Lipinski definition) is 3. The Bertz CT molecular complexity index is 395. The number of nitrogens with zero attached hydrogens (tertiary/aromatic N) is 3. The fraction of sp³-hybridized carbons (Fsp3) is 0.750. The van der Waals surface area contributed by atoms with Gasteiger partial charge in [0.05, 0.1) is 5.69 Å². The van der Waals surface area contributed by atoms with Gasteiger partial charge in [0.2, 0.25) is 5.28 Å². The van der Waals surface area contributed by atoms with E-state index in [1.165, 1.54) is 24.2 Å². The molecule has 2 aliphatic rings. The Morgan fingerprint density at radius 2 is 2.00 bits per heavy atom. The number of imidazole rings is 1. The van der Waals surface area contributed by atoms with E-state index >= 15 is 0 Å². The Labute approximate surface area is 107 Å². The number of fused-ring (bicyclic) bond motifs is 1. The summed E-state index contributed by atoms with van der Waals surface area (Å²) in [7, 11) is 0. The number of rotatable bonds is 2. The molecule has 0 atom stereocenters. The van der Waals surface area contributed by atoms with E-state index in [1.54, 1.807) is 0 Å². The van der Waals surface area contributed by atoms with Gasteiger partial charge in [-0.15, -0.1) is 0 Å². The van der Waals surface area contributed by atoms with Gasteiger partial charge in [-0.3, -0.25) is 4.90 Å². The standard InChI is InChI=1S/C12H19ClN4/c13-12-15-10(9-16-7-4-14-5-8-16)11-3-1-2-6-17(11)12/h14H,1-9H2. The summed E-state index contributed by atoms with van der Waals surface area (Å²) in [6.45, 7) is 6.41. The second-order valence-corrected chi connectivity index (χ2v) is 5.25. The summed E-state index contributed by atoms with van der Waals surface area (Å²) < 4.78 is 2.20. The minimum absolute atomic E-state index is 0.685. The Hall–Kier alpha value is -0.580. The van der Waals surface area contributed by atoms with Crippen LogP contribution in [0.2, 0.25) is 5.28 Å². The Morgan fingerprint density at radius 1 is 1.18 bits per heavy atom. The molecule has 94 valence electrons. The normalized spacial score (nSPS) is 21.5. The predicted octanol–water partition coefficient (Wildman–Crippen LogP) is 1.28. The SMILES string of the molecule is Clc1nc(CN2CCNCC2)c2n1CCCC2. The van der Waals surface area contributed by atoms with Crippen molar-refractivity contribution in [3.63, 3.8) is 0 Å². The first-order valence-corrected chi connectivity index (χ1v) is 6.89. The van der Waals surface area contributed by atoms with Crippen LogP contribution >= 0.6 is 11.6 Å². The fourth-order valence-electron chi connectivity index (χ4n) is 2.78.